The van der Waals surface area contributed by atoms with E-state index in [1.165, 1.54) is 45.9 Å². The number of hydrogen-bond acceptors (Lipinski definition) is 7. The molecule has 0 aliphatic heterocycles. The number of halogens is 2. The fraction of sp³-hybridized carbons (Fsp3) is 0.286. The molecule has 8 rings (SSSR count). The van der Waals surface area contributed by atoms with Gasteiger partial charge in [0.05, 0.1) is 21.2 Å². The predicted molar refractivity (Wildman–Crippen MR) is 183 cm³/mol. The highest BCUT2D eigenvalue weighted by atomic mass is 35.5. The third-order valence-electron chi connectivity index (χ3n) is 9.22. The molecule has 0 amide bonds. The molecule has 0 N–H and O–H groups in total. The van der Waals surface area contributed by atoms with Gasteiger partial charge >= 0.3 is 0 Å². The summed E-state index contributed by atoms with van der Waals surface area (Å²) < 4.78 is 6.33. The molecule has 0 fully saturated rings. The summed E-state index contributed by atoms with van der Waals surface area (Å²) in [5.41, 5.74) is 5.93. The molecule has 0 radical (unpaired) electrons. The van der Waals surface area contributed by atoms with E-state index in [0.29, 0.717) is 29.5 Å². The van der Waals surface area contributed by atoms with Crippen molar-refractivity contribution in [1.82, 2.24) is 33.1 Å². The van der Waals surface area contributed by atoms with Crippen molar-refractivity contribution < 1.29 is 9.59 Å². The van der Waals surface area contributed by atoms with Crippen LogP contribution in [-0.2, 0) is 25.7 Å². The lowest BCUT2D eigenvalue weighted by molar-refractivity contribution is 0.111. The standard InChI is InChI=1S/C18H16ClN3O2.C17H15ClN4O2/c1-11-2-3-12-9-16-18(24)22(7-6-21(16)15(12)8-11)17-13(10-23)14(19)4-5-20-17;1-17(2)6-10-5-13-16(24)22(20-9-21(13)14(10)7-17)15-11(8-23)12(18)3-4-19-15/h4-7,9-11H,2-3,8H2,1H3;3-5,8-9H,6-7H2,1-2H3. The number of aryl methyl sites for hydroxylation is 1. The van der Waals surface area contributed by atoms with Gasteiger partial charge in [-0.1, -0.05) is 44.0 Å². The molecule has 244 valence electrons. The van der Waals surface area contributed by atoms with E-state index in [1.54, 1.807) is 12.5 Å². The molecular formula is C35H31Cl2N7O4. The van der Waals surface area contributed by atoms with Crippen LogP contribution >= 0.6 is 23.2 Å². The van der Waals surface area contributed by atoms with Gasteiger partial charge in [0, 0.05) is 36.2 Å². The van der Waals surface area contributed by atoms with Crippen LogP contribution in [0, 0.1) is 11.3 Å². The van der Waals surface area contributed by atoms with Crippen molar-refractivity contribution in [1.29, 1.82) is 0 Å². The van der Waals surface area contributed by atoms with Crippen LogP contribution in [0.2, 0.25) is 10.0 Å². The topological polar surface area (TPSA) is 126 Å². The molecule has 6 aromatic rings. The van der Waals surface area contributed by atoms with E-state index in [1.807, 2.05) is 27.1 Å². The van der Waals surface area contributed by atoms with E-state index >= 15 is 0 Å². The number of hydrogen-bond donors (Lipinski definition) is 0. The predicted octanol–water partition coefficient (Wildman–Crippen LogP) is 5.55. The van der Waals surface area contributed by atoms with Crippen molar-refractivity contribution in [3.8, 4) is 11.6 Å². The smallest absolute Gasteiger partial charge is 0.297 e. The summed E-state index contributed by atoms with van der Waals surface area (Å²) in [5, 5.41) is 4.73. The Morgan fingerprint density at radius 2 is 1.48 bits per heavy atom. The van der Waals surface area contributed by atoms with Gasteiger partial charge in [-0.15, -0.1) is 0 Å². The van der Waals surface area contributed by atoms with E-state index in [-0.39, 0.29) is 49.3 Å². The first-order chi connectivity index (χ1) is 23.0. The third kappa shape index (κ3) is 5.27. The van der Waals surface area contributed by atoms with Gasteiger partial charge in [0.2, 0.25) is 0 Å². The van der Waals surface area contributed by atoms with Gasteiger partial charge in [-0.25, -0.2) is 9.97 Å². The minimum Gasteiger partial charge on any atom is -0.314 e. The summed E-state index contributed by atoms with van der Waals surface area (Å²) in [6.45, 7) is 6.65. The van der Waals surface area contributed by atoms with Crippen molar-refractivity contribution in [3.63, 3.8) is 0 Å². The molecule has 1 unspecified atom stereocenters. The van der Waals surface area contributed by atoms with E-state index in [9.17, 15) is 19.2 Å². The van der Waals surface area contributed by atoms with Crippen LogP contribution in [0.15, 0.2) is 65.0 Å². The highest BCUT2D eigenvalue weighted by Crippen LogP contribution is 2.37. The Kier molecular flexibility index (Phi) is 7.92. The monoisotopic (exact) mass is 683 g/mol. The maximum Gasteiger partial charge on any atom is 0.297 e. The Morgan fingerprint density at radius 3 is 2.19 bits per heavy atom. The molecule has 0 saturated carbocycles. The Labute approximate surface area is 284 Å². The van der Waals surface area contributed by atoms with E-state index < -0.39 is 0 Å². The van der Waals surface area contributed by atoms with Crippen LogP contribution in [0.4, 0.5) is 0 Å². The Bertz CT molecular complexity index is 2400. The Balaban J connectivity index is 0.000000152. The lowest BCUT2D eigenvalue weighted by atomic mass is 9.89. The molecular weight excluding hydrogens is 653 g/mol. The zero-order valence-corrected chi connectivity index (χ0v) is 28.0. The first kappa shape index (κ1) is 31.7. The molecule has 0 spiro atoms. The van der Waals surface area contributed by atoms with E-state index in [2.05, 4.69) is 35.8 Å². The van der Waals surface area contributed by atoms with Gasteiger partial charge in [-0.3, -0.25) is 28.1 Å². The van der Waals surface area contributed by atoms with Crippen molar-refractivity contribution >= 4 is 46.8 Å². The molecule has 0 saturated heterocycles. The van der Waals surface area contributed by atoms with Crippen LogP contribution in [0.5, 0.6) is 0 Å². The summed E-state index contributed by atoms with van der Waals surface area (Å²) in [7, 11) is 0. The quantitative estimate of drug-likeness (QED) is 0.223. The number of nitrogens with zero attached hydrogens (tertiary/aromatic N) is 7. The zero-order valence-electron chi connectivity index (χ0n) is 26.5. The summed E-state index contributed by atoms with van der Waals surface area (Å²) in [5.74, 6) is 1.03. The maximum absolute atomic E-state index is 13.0. The number of rotatable bonds is 4. The third-order valence-corrected chi connectivity index (χ3v) is 9.88. The summed E-state index contributed by atoms with van der Waals surface area (Å²) >= 11 is 12.1. The zero-order chi connectivity index (χ0) is 33.9. The van der Waals surface area contributed by atoms with E-state index in [0.717, 1.165) is 42.5 Å². The largest absolute Gasteiger partial charge is 0.314 e. The second kappa shape index (κ2) is 12.0. The number of carbonyl (C=O) groups excluding carboxylic acids is 2. The first-order valence-electron chi connectivity index (χ1n) is 15.6. The van der Waals surface area contributed by atoms with Crippen LogP contribution in [0.3, 0.4) is 0 Å². The molecule has 0 aromatic carbocycles. The van der Waals surface area contributed by atoms with Gasteiger partial charge in [0.25, 0.3) is 11.1 Å². The average Bonchev–Trinajstić information content (AvgIpc) is 3.69. The molecule has 11 nitrogen and oxygen atoms in total. The first-order valence-corrected chi connectivity index (χ1v) is 16.3. The minimum absolute atomic E-state index is 0.145. The second-order valence-electron chi connectivity index (χ2n) is 13.2. The fourth-order valence-electron chi connectivity index (χ4n) is 6.89. The molecule has 13 heteroatoms. The molecule has 2 aliphatic rings. The van der Waals surface area contributed by atoms with E-state index in [4.69, 9.17) is 23.2 Å². The summed E-state index contributed by atoms with van der Waals surface area (Å²) in [6, 6.07) is 6.92. The number of pyridine rings is 2. The van der Waals surface area contributed by atoms with Crippen molar-refractivity contribution in [3.05, 3.63) is 120 Å². The van der Waals surface area contributed by atoms with Crippen LogP contribution in [-0.4, -0.2) is 45.7 Å². The lowest BCUT2D eigenvalue weighted by Crippen LogP contribution is -2.25. The molecule has 2 aliphatic carbocycles. The maximum atomic E-state index is 13.0. The van der Waals surface area contributed by atoms with Gasteiger partial charge < -0.3 is 4.40 Å². The van der Waals surface area contributed by atoms with Gasteiger partial charge in [-0.2, -0.15) is 9.78 Å². The number of fused-ring (bicyclic) bond motifs is 6. The Morgan fingerprint density at radius 1 is 0.833 bits per heavy atom. The van der Waals surface area contributed by atoms with Crippen molar-refractivity contribution in [2.45, 2.75) is 52.9 Å². The van der Waals surface area contributed by atoms with Crippen molar-refractivity contribution in [2.75, 3.05) is 0 Å². The summed E-state index contributed by atoms with van der Waals surface area (Å²) in [4.78, 5) is 56.8. The van der Waals surface area contributed by atoms with Gasteiger partial charge in [-0.05, 0) is 78.8 Å². The number of aldehydes is 2. The molecule has 1 atom stereocenters. The molecule has 0 bridgehead atoms. The van der Waals surface area contributed by atoms with Crippen LogP contribution < -0.4 is 11.1 Å². The summed E-state index contributed by atoms with van der Waals surface area (Å²) in [6.07, 6.45) is 14.2. The fourth-order valence-corrected chi connectivity index (χ4v) is 7.27. The van der Waals surface area contributed by atoms with Crippen LogP contribution in [0.1, 0.15) is 70.4 Å². The van der Waals surface area contributed by atoms with Crippen molar-refractivity contribution in [2.24, 2.45) is 11.3 Å². The highest BCUT2D eigenvalue weighted by molar-refractivity contribution is 6.33. The lowest BCUT2D eigenvalue weighted by Gasteiger charge is -2.18. The highest BCUT2D eigenvalue weighted by Gasteiger charge is 2.32. The van der Waals surface area contributed by atoms with Gasteiger partial charge in [0.15, 0.2) is 24.2 Å². The minimum atomic E-state index is -0.317. The molecule has 6 aromatic heterocycles. The van der Waals surface area contributed by atoms with Gasteiger partial charge in [0.1, 0.15) is 17.4 Å². The SMILES string of the molecule is CC1(C)Cc2cc3c(=O)n(-c4nccc(Cl)c4C=O)ncn3c2C1.CC1CCc2cc3c(=O)n(-c4nccc(Cl)c4C=O)ccn3c2C1. The molecule has 48 heavy (non-hydrogen) atoms. The molecule has 6 heterocycles. The van der Waals surface area contributed by atoms with Crippen LogP contribution in [0.25, 0.3) is 22.7 Å². The second-order valence-corrected chi connectivity index (χ2v) is 14.0. The Hall–Kier alpha value is -4.87. The normalized spacial score (nSPS) is 16.3. The number of carbonyl (C=O) groups is 2. The average molecular weight is 685 g/mol. The number of aromatic nitrogens is 7.